The van der Waals surface area contributed by atoms with Gasteiger partial charge in [-0.3, -0.25) is 9.48 Å². The molecule has 2 aliphatic rings. The Labute approximate surface area is 207 Å². The van der Waals surface area contributed by atoms with Crippen molar-refractivity contribution >= 4 is 5.97 Å². The Hall–Kier alpha value is -2.52. The molecule has 3 atom stereocenters. The van der Waals surface area contributed by atoms with Gasteiger partial charge in [0.25, 0.3) is 0 Å². The van der Waals surface area contributed by atoms with Gasteiger partial charge in [-0.15, -0.1) is 0 Å². The van der Waals surface area contributed by atoms with Gasteiger partial charge in [0.05, 0.1) is 54.1 Å². The number of carbonyl (C=O) groups is 1. The number of carbonyl (C=O) groups excluding carboxylic acids is 1. The molecule has 2 fully saturated rings. The first kappa shape index (κ1) is 25.6. The molecule has 1 aliphatic carbocycles. The summed E-state index contributed by atoms with van der Waals surface area (Å²) in [6.45, 7) is 6.94. The zero-order valence-corrected chi connectivity index (χ0v) is 21.4. The van der Waals surface area contributed by atoms with E-state index >= 15 is 0 Å². The number of rotatable bonds is 9. The molecule has 9 heteroatoms. The molecule has 192 valence electrons. The van der Waals surface area contributed by atoms with Gasteiger partial charge < -0.3 is 18.9 Å². The van der Waals surface area contributed by atoms with Gasteiger partial charge in [-0.1, -0.05) is 6.92 Å². The van der Waals surface area contributed by atoms with Crippen LogP contribution in [-0.4, -0.2) is 50.8 Å². The second-order valence-electron chi connectivity index (χ2n) is 9.68. The van der Waals surface area contributed by atoms with Crippen molar-refractivity contribution in [2.45, 2.75) is 97.2 Å². The van der Waals surface area contributed by atoms with Crippen LogP contribution >= 0.6 is 0 Å². The van der Waals surface area contributed by atoms with Gasteiger partial charge in [-0.25, -0.2) is 9.97 Å². The van der Waals surface area contributed by atoms with Crippen LogP contribution in [0.3, 0.4) is 0 Å². The van der Waals surface area contributed by atoms with E-state index in [-0.39, 0.29) is 30.4 Å². The van der Waals surface area contributed by atoms with E-state index in [1.165, 1.54) is 0 Å². The summed E-state index contributed by atoms with van der Waals surface area (Å²) < 4.78 is 25.2. The van der Waals surface area contributed by atoms with Crippen molar-refractivity contribution in [3.8, 4) is 17.1 Å². The maximum absolute atomic E-state index is 12.4. The first-order valence-electron chi connectivity index (χ1n) is 12.9. The van der Waals surface area contributed by atoms with Crippen LogP contribution in [0.2, 0.25) is 0 Å². The number of aryl methyl sites for hydroxylation is 2. The van der Waals surface area contributed by atoms with Gasteiger partial charge in [0, 0.05) is 13.7 Å². The Bertz CT molecular complexity index is 986. The smallest absolute Gasteiger partial charge is 0.309 e. The van der Waals surface area contributed by atoms with E-state index < -0.39 is 0 Å². The molecule has 0 bridgehead atoms. The molecule has 0 spiro atoms. The summed E-state index contributed by atoms with van der Waals surface area (Å²) in [5.41, 5.74) is 2.60. The summed E-state index contributed by atoms with van der Waals surface area (Å²) in [7, 11) is 1.89. The monoisotopic (exact) mass is 486 g/mol. The van der Waals surface area contributed by atoms with Crippen LogP contribution in [-0.2, 0) is 39.1 Å². The zero-order valence-electron chi connectivity index (χ0n) is 21.4. The van der Waals surface area contributed by atoms with Crippen molar-refractivity contribution in [2.24, 2.45) is 13.0 Å². The number of nitrogens with zero attached hydrogens (tertiary/aromatic N) is 4. The third-order valence-electron chi connectivity index (χ3n) is 6.62. The minimum absolute atomic E-state index is 0.0499. The Kier molecular flexibility index (Phi) is 8.73. The van der Waals surface area contributed by atoms with E-state index in [1.807, 2.05) is 20.9 Å². The van der Waals surface area contributed by atoms with E-state index in [9.17, 15) is 4.79 Å². The summed E-state index contributed by atoms with van der Waals surface area (Å²) in [6, 6.07) is 0. The molecular formula is C26H38N4O5. The topological polar surface area (TPSA) is 97.6 Å². The van der Waals surface area contributed by atoms with E-state index in [0.29, 0.717) is 31.0 Å². The molecule has 0 amide bonds. The molecule has 1 saturated carbocycles. The summed E-state index contributed by atoms with van der Waals surface area (Å²) in [5.74, 6) is 1.04. The van der Waals surface area contributed by atoms with Crippen molar-refractivity contribution in [2.75, 3.05) is 6.61 Å². The van der Waals surface area contributed by atoms with Gasteiger partial charge in [-0.05, 0) is 65.2 Å². The summed E-state index contributed by atoms with van der Waals surface area (Å²) >= 11 is 0. The highest BCUT2D eigenvalue weighted by Crippen LogP contribution is 2.31. The second-order valence-corrected chi connectivity index (χ2v) is 9.68. The van der Waals surface area contributed by atoms with Crippen LogP contribution in [0, 0.1) is 5.92 Å². The molecule has 2 aromatic rings. The summed E-state index contributed by atoms with van der Waals surface area (Å²) in [6.07, 6.45) is 10.4. The normalized spacial score (nSPS) is 22.8. The number of esters is 1. The predicted octanol–water partition coefficient (Wildman–Crippen LogP) is 4.37. The van der Waals surface area contributed by atoms with Gasteiger partial charge in [0.15, 0.2) is 17.9 Å². The number of aromatic nitrogens is 4. The minimum Gasteiger partial charge on any atom is -0.487 e. The van der Waals surface area contributed by atoms with E-state index in [2.05, 4.69) is 17.0 Å². The van der Waals surface area contributed by atoms with Crippen LogP contribution < -0.4 is 4.74 Å². The minimum atomic E-state index is -0.175. The summed E-state index contributed by atoms with van der Waals surface area (Å²) in [5, 5.41) is 4.41. The van der Waals surface area contributed by atoms with Crippen LogP contribution in [0.4, 0.5) is 0 Å². The molecule has 4 rings (SSSR count). The van der Waals surface area contributed by atoms with E-state index in [1.54, 1.807) is 17.1 Å². The fraction of sp³-hybridized carbons (Fsp3) is 0.692. The summed E-state index contributed by atoms with van der Waals surface area (Å²) in [4.78, 5) is 21.8. The fourth-order valence-corrected chi connectivity index (χ4v) is 4.70. The number of hydrogen-bond acceptors (Lipinski definition) is 8. The Morgan fingerprint density at radius 3 is 2.80 bits per heavy atom. The number of ether oxygens (including phenoxy) is 4. The standard InChI is InChI=1S/C26H38N4O5/c1-5-21-23(35-19-10-8-9-18(13-19)26(31)34-17(2)3)15-27-25(29-21)20-14-28-30(4)22(20)16-33-24-11-6-7-12-32-24/h14-15,17-19,24H,5-13,16H2,1-4H3/t18-,19-,24?/m0/s1. The lowest BCUT2D eigenvalue weighted by Gasteiger charge is -2.29. The zero-order chi connectivity index (χ0) is 24.8. The molecular weight excluding hydrogens is 448 g/mol. The van der Waals surface area contributed by atoms with Crippen molar-refractivity contribution in [3.05, 3.63) is 23.8 Å². The van der Waals surface area contributed by atoms with Gasteiger partial charge >= 0.3 is 5.97 Å². The lowest BCUT2D eigenvalue weighted by molar-refractivity contribution is -0.169. The van der Waals surface area contributed by atoms with Gasteiger partial charge in [0.1, 0.15) is 0 Å². The Morgan fingerprint density at radius 2 is 2.06 bits per heavy atom. The quantitative estimate of drug-likeness (QED) is 0.482. The molecule has 0 aromatic carbocycles. The van der Waals surface area contributed by atoms with Crippen molar-refractivity contribution in [1.82, 2.24) is 19.7 Å². The van der Waals surface area contributed by atoms with Crippen LogP contribution in [0.5, 0.6) is 5.75 Å². The highest BCUT2D eigenvalue weighted by Gasteiger charge is 2.30. The lowest BCUT2D eigenvalue weighted by atomic mass is 9.87. The largest absolute Gasteiger partial charge is 0.487 e. The predicted molar refractivity (Wildman–Crippen MR) is 130 cm³/mol. The molecule has 0 radical (unpaired) electrons. The fourth-order valence-electron chi connectivity index (χ4n) is 4.70. The lowest BCUT2D eigenvalue weighted by Crippen LogP contribution is -2.32. The molecule has 0 N–H and O–H groups in total. The van der Waals surface area contributed by atoms with Gasteiger partial charge in [-0.2, -0.15) is 5.10 Å². The van der Waals surface area contributed by atoms with E-state index in [0.717, 1.165) is 62.1 Å². The van der Waals surface area contributed by atoms with Crippen molar-refractivity contribution in [3.63, 3.8) is 0 Å². The molecule has 3 heterocycles. The Morgan fingerprint density at radius 1 is 1.20 bits per heavy atom. The highest BCUT2D eigenvalue weighted by molar-refractivity contribution is 5.72. The molecule has 1 saturated heterocycles. The first-order chi connectivity index (χ1) is 16.9. The molecule has 1 aliphatic heterocycles. The van der Waals surface area contributed by atoms with Crippen LogP contribution in [0.25, 0.3) is 11.4 Å². The maximum Gasteiger partial charge on any atom is 0.309 e. The van der Waals surface area contributed by atoms with Crippen LogP contribution in [0.1, 0.15) is 77.1 Å². The SMILES string of the molecule is CCc1nc(-c2cnn(C)c2COC2CCCCO2)ncc1O[C@H]1CCC[C@H](C(=O)OC(C)C)C1. The third-order valence-corrected chi connectivity index (χ3v) is 6.62. The molecule has 2 aromatic heterocycles. The first-order valence-corrected chi connectivity index (χ1v) is 12.9. The molecule has 1 unspecified atom stereocenters. The van der Waals surface area contributed by atoms with Crippen LogP contribution in [0.15, 0.2) is 12.4 Å². The van der Waals surface area contributed by atoms with Gasteiger partial charge in [0.2, 0.25) is 0 Å². The number of hydrogen-bond donors (Lipinski definition) is 0. The third kappa shape index (κ3) is 6.58. The second kappa shape index (κ2) is 11.9. The highest BCUT2D eigenvalue weighted by atomic mass is 16.7. The van der Waals surface area contributed by atoms with E-state index in [4.69, 9.17) is 23.9 Å². The maximum atomic E-state index is 12.4. The molecule has 9 nitrogen and oxygen atoms in total. The van der Waals surface area contributed by atoms with Crippen molar-refractivity contribution in [1.29, 1.82) is 0 Å². The van der Waals surface area contributed by atoms with Crippen molar-refractivity contribution < 1.29 is 23.7 Å². The Balaban J connectivity index is 1.45. The molecule has 35 heavy (non-hydrogen) atoms. The average Bonchev–Trinajstić information content (AvgIpc) is 3.23. The average molecular weight is 487 g/mol.